The van der Waals surface area contributed by atoms with Gasteiger partial charge < -0.3 is 41.1 Å². The summed E-state index contributed by atoms with van der Waals surface area (Å²) in [5.74, 6) is -0.972. The van der Waals surface area contributed by atoms with Crippen molar-refractivity contribution in [1.29, 1.82) is 0 Å². The molecule has 0 heterocycles. The Morgan fingerprint density at radius 3 is 2.30 bits per heavy atom. The Morgan fingerprint density at radius 1 is 0.925 bits per heavy atom. The zero-order chi connectivity index (χ0) is 38.6. The molecular weight excluding hydrogens is 670 g/mol. The highest BCUT2D eigenvalue weighted by Crippen LogP contribution is 2.36. The molecule has 3 rings (SSSR count). The third-order valence-electron chi connectivity index (χ3n) is 11.0. The number of nitrogens with one attached hydrogen (secondary N) is 1. The number of carboxylic acid groups (broad SMARTS) is 1. The Kier molecular flexibility index (Phi) is 19.8. The lowest BCUT2D eigenvalue weighted by atomic mass is 9.76. The normalized spacial score (nSPS) is 21.1. The number of hydrogen-bond donors (Lipinski definition) is 8. The van der Waals surface area contributed by atoms with Gasteiger partial charge in [0, 0.05) is 31.5 Å². The van der Waals surface area contributed by atoms with E-state index >= 15 is 0 Å². The minimum Gasteiger partial charge on any atom is -0.508 e. The number of phenols is 1. The maximum atomic E-state index is 12.2. The van der Waals surface area contributed by atoms with Crippen molar-refractivity contribution in [3.05, 3.63) is 88.5 Å². The maximum Gasteiger partial charge on any atom is 0.303 e. The fourth-order valence-electron chi connectivity index (χ4n) is 7.90. The SMILES string of the molecule is CCCCC[C@H](O)/C=C/C1=C(\C[C@H](O)CO)[C@H](NC[C@@](C)(O)[C@H](CCCO)c2ccc(O)cc2)[C@@H](CCCCCC(=O)O)CCc2ccccc2CC1. The lowest BCUT2D eigenvalue weighted by molar-refractivity contribution is -0.137. The van der Waals surface area contributed by atoms with E-state index in [-0.39, 0.29) is 49.6 Å². The third-order valence-corrected chi connectivity index (χ3v) is 11.0. The fourth-order valence-corrected chi connectivity index (χ4v) is 7.90. The van der Waals surface area contributed by atoms with E-state index in [0.717, 1.165) is 74.5 Å². The molecule has 0 unspecified atom stereocenters. The van der Waals surface area contributed by atoms with Crippen LogP contribution in [0, 0.1) is 5.92 Å². The molecule has 0 radical (unpaired) electrons. The van der Waals surface area contributed by atoms with Gasteiger partial charge in [0.15, 0.2) is 0 Å². The molecule has 0 amide bonds. The summed E-state index contributed by atoms with van der Waals surface area (Å²) in [5.41, 5.74) is 4.07. The molecule has 0 saturated heterocycles. The highest BCUT2D eigenvalue weighted by molar-refractivity contribution is 5.66. The van der Waals surface area contributed by atoms with Crippen LogP contribution in [0.1, 0.15) is 126 Å². The van der Waals surface area contributed by atoms with Gasteiger partial charge in [0.25, 0.3) is 0 Å². The van der Waals surface area contributed by atoms with Gasteiger partial charge in [-0.2, -0.15) is 0 Å². The number of allylic oxidation sites excluding steroid dienone is 2. The molecular formula is C44H67NO8. The minimum atomic E-state index is -1.27. The van der Waals surface area contributed by atoms with Gasteiger partial charge in [-0.05, 0) is 117 Å². The molecule has 1 aliphatic carbocycles. The molecule has 0 aliphatic heterocycles. The summed E-state index contributed by atoms with van der Waals surface area (Å²) in [6.07, 6.45) is 13.4. The summed E-state index contributed by atoms with van der Waals surface area (Å²) < 4.78 is 0. The Labute approximate surface area is 317 Å². The van der Waals surface area contributed by atoms with Gasteiger partial charge in [-0.15, -0.1) is 0 Å². The Balaban J connectivity index is 2.13. The molecule has 2 aromatic rings. The summed E-state index contributed by atoms with van der Waals surface area (Å²) in [7, 11) is 0. The van der Waals surface area contributed by atoms with E-state index in [2.05, 4.69) is 36.5 Å². The van der Waals surface area contributed by atoms with Crippen LogP contribution in [0.5, 0.6) is 5.75 Å². The average molecular weight is 738 g/mol. The quantitative estimate of drug-likeness (QED) is 0.0577. The number of carboxylic acids is 1. The van der Waals surface area contributed by atoms with Crippen LogP contribution in [0.15, 0.2) is 71.8 Å². The van der Waals surface area contributed by atoms with Gasteiger partial charge in [0.1, 0.15) is 5.75 Å². The highest BCUT2D eigenvalue weighted by Gasteiger charge is 2.36. The van der Waals surface area contributed by atoms with Crippen LogP contribution in [-0.2, 0) is 17.6 Å². The van der Waals surface area contributed by atoms with Crippen molar-refractivity contribution in [3.63, 3.8) is 0 Å². The van der Waals surface area contributed by atoms with Crippen molar-refractivity contribution in [2.45, 2.75) is 146 Å². The molecule has 0 bridgehead atoms. The van der Waals surface area contributed by atoms with E-state index in [1.165, 1.54) is 11.1 Å². The first-order valence-corrected chi connectivity index (χ1v) is 20.0. The number of rotatable bonds is 23. The lowest BCUT2D eigenvalue weighted by Gasteiger charge is -2.39. The predicted molar refractivity (Wildman–Crippen MR) is 211 cm³/mol. The summed E-state index contributed by atoms with van der Waals surface area (Å²) in [4.78, 5) is 11.3. The molecule has 6 atom stereocenters. The van der Waals surface area contributed by atoms with Gasteiger partial charge in [-0.1, -0.05) is 87.6 Å². The van der Waals surface area contributed by atoms with E-state index < -0.39 is 30.4 Å². The molecule has 2 aromatic carbocycles. The molecule has 0 aromatic heterocycles. The Hall–Kier alpha value is -3.05. The van der Waals surface area contributed by atoms with Crippen LogP contribution in [0.2, 0.25) is 0 Å². The number of aliphatic hydroxyl groups excluding tert-OH is 4. The summed E-state index contributed by atoms with van der Waals surface area (Å²) in [5, 5.41) is 77.1. The number of unbranched alkanes of at least 4 members (excludes halogenated alkanes) is 4. The number of aliphatic hydroxyl groups is 5. The highest BCUT2D eigenvalue weighted by atomic mass is 16.4. The summed E-state index contributed by atoms with van der Waals surface area (Å²) in [6.45, 7) is 3.70. The van der Waals surface area contributed by atoms with Gasteiger partial charge >= 0.3 is 5.97 Å². The van der Waals surface area contributed by atoms with Gasteiger partial charge in [-0.25, -0.2) is 0 Å². The first kappa shape index (κ1) is 44.3. The van der Waals surface area contributed by atoms with Crippen LogP contribution < -0.4 is 5.32 Å². The maximum absolute atomic E-state index is 12.2. The molecule has 1 aliphatic rings. The van der Waals surface area contributed by atoms with Crippen LogP contribution in [0.3, 0.4) is 0 Å². The summed E-state index contributed by atoms with van der Waals surface area (Å²) in [6, 6.07) is 15.0. The molecule has 0 spiro atoms. The number of aliphatic carboxylic acids is 1. The molecule has 9 nitrogen and oxygen atoms in total. The zero-order valence-corrected chi connectivity index (χ0v) is 32.1. The number of fused-ring (bicyclic) bond motifs is 1. The largest absolute Gasteiger partial charge is 0.508 e. The third kappa shape index (κ3) is 15.3. The second-order valence-corrected chi connectivity index (χ2v) is 15.3. The van der Waals surface area contributed by atoms with Crippen molar-refractivity contribution < 1.29 is 40.5 Å². The summed E-state index contributed by atoms with van der Waals surface area (Å²) >= 11 is 0. The number of aromatic hydroxyl groups is 1. The average Bonchev–Trinajstić information content (AvgIpc) is 3.13. The number of benzene rings is 2. The first-order chi connectivity index (χ1) is 25.5. The predicted octanol–water partition coefficient (Wildman–Crippen LogP) is 6.73. The van der Waals surface area contributed by atoms with E-state index in [1.54, 1.807) is 19.1 Å². The monoisotopic (exact) mass is 737 g/mol. The number of hydrogen-bond acceptors (Lipinski definition) is 8. The standard InChI is InChI=1S/C44H67NO8/c1-3-4-6-15-37(48)25-22-34-20-18-32-12-9-10-13-33(32)19-21-36(14-7-5-8-17-42(51)52)43(40(34)29-39(50)30-47)45-31-44(2,53)41(16-11-28-46)35-23-26-38(49)27-24-35/h9-10,12-13,22-27,36-37,39,41,43,45-50,53H,3-8,11,14-21,28-31H2,1-2H3,(H,51,52)/b25-22+,40-34+/t36-,37-,39-,41+,43+,44+/m0/s1. The van der Waals surface area contributed by atoms with Crippen LogP contribution in [0.4, 0.5) is 0 Å². The molecule has 0 saturated carbocycles. The minimum absolute atomic E-state index is 0.0158. The van der Waals surface area contributed by atoms with Crippen LogP contribution in [-0.4, -0.2) is 85.3 Å². The number of phenolic OH excluding ortho intramolecular Hbond substituents is 1. The second kappa shape index (κ2) is 23.7. The first-order valence-electron chi connectivity index (χ1n) is 20.0. The van der Waals surface area contributed by atoms with E-state index in [4.69, 9.17) is 0 Å². The smallest absolute Gasteiger partial charge is 0.303 e. The molecule has 9 heteroatoms. The number of carbonyl (C=O) groups is 1. The topological polar surface area (TPSA) is 171 Å². The fraction of sp³-hybridized carbons (Fsp3) is 0.614. The van der Waals surface area contributed by atoms with E-state index in [9.17, 15) is 40.5 Å². The van der Waals surface area contributed by atoms with Gasteiger partial charge in [-0.3, -0.25) is 4.79 Å². The van der Waals surface area contributed by atoms with Crippen LogP contribution in [0.25, 0.3) is 0 Å². The van der Waals surface area contributed by atoms with Crippen molar-refractivity contribution in [3.8, 4) is 5.75 Å². The molecule has 296 valence electrons. The second-order valence-electron chi connectivity index (χ2n) is 15.3. The van der Waals surface area contributed by atoms with Crippen molar-refractivity contribution in [1.82, 2.24) is 5.32 Å². The van der Waals surface area contributed by atoms with E-state index in [1.807, 2.05) is 24.3 Å². The lowest BCUT2D eigenvalue weighted by Crippen LogP contribution is -2.50. The van der Waals surface area contributed by atoms with Crippen molar-refractivity contribution in [2.24, 2.45) is 5.92 Å². The molecule has 0 fully saturated rings. The van der Waals surface area contributed by atoms with Crippen LogP contribution >= 0.6 is 0 Å². The van der Waals surface area contributed by atoms with Gasteiger partial charge in [0.2, 0.25) is 0 Å². The van der Waals surface area contributed by atoms with Crippen molar-refractivity contribution in [2.75, 3.05) is 19.8 Å². The number of aryl methyl sites for hydroxylation is 2. The van der Waals surface area contributed by atoms with E-state index in [0.29, 0.717) is 32.1 Å². The van der Waals surface area contributed by atoms with Crippen molar-refractivity contribution >= 4 is 5.97 Å². The molecule has 53 heavy (non-hydrogen) atoms. The zero-order valence-electron chi connectivity index (χ0n) is 32.1. The Morgan fingerprint density at radius 2 is 1.64 bits per heavy atom. The molecule has 8 N–H and O–H groups in total. The van der Waals surface area contributed by atoms with Gasteiger partial charge in [0.05, 0.1) is 24.4 Å². The Bertz CT molecular complexity index is 1400.